The van der Waals surface area contributed by atoms with Gasteiger partial charge in [0.2, 0.25) is 5.91 Å². The Bertz CT molecular complexity index is 722. The minimum Gasteiger partial charge on any atom is -0.494 e. The quantitative estimate of drug-likeness (QED) is 0.611. The highest BCUT2D eigenvalue weighted by molar-refractivity contribution is 7.90. The molecule has 1 aliphatic carbocycles. The monoisotopic (exact) mass is 369 g/mol. The molecule has 7 nitrogen and oxygen atoms in total. The Morgan fingerprint density at radius 1 is 1.24 bits per heavy atom. The molecule has 0 radical (unpaired) electrons. The van der Waals surface area contributed by atoms with Crippen molar-refractivity contribution in [2.75, 3.05) is 23.9 Å². The van der Waals surface area contributed by atoms with Crippen LogP contribution in [0, 0.1) is 5.41 Å². The first-order valence-electron chi connectivity index (χ1n) is 8.10. The lowest BCUT2D eigenvalue weighted by atomic mass is 10.1. The number of aliphatic carboxylic acids is 1. The summed E-state index contributed by atoms with van der Waals surface area (Å²) in [5.74, 6) is -0.405. The SMILES string of the molecule is CS(=O)(=O)CC1(CC(=O)Nc2ccc(OCCCC(=O)O)cc2)CC1. The van der Waals surface area contributed by atoms with Gasteiger partial charge in [-0.3, -0.25) is 9.59 Å². The van der Waals surface area contributed by atoms with E-state index in [0.717, 1.165) is 12.8 Å². The van der Waals surface area contributed by atoms with E-state index >= 15 is 0 Å². The van der Waals surface area contributed by atoms with Crippen molar-refractivity contribution in [2.45, 2.75) is 32.1 Å². The second-order valence-corrected chi connectivity index (χ2v) is 8.81. The van der Waals surface area contributed by atoms with E-state index in [2.05, 4.69) is 5.32 Å². The van der Waals surface area contributed by atoms with Gasteiger partial charge in [0.05, 0.1) is 12.4 Å². The smallest absolute Gasteiger partial charge is 0.303 e. The summed E-state index contributed by atoms with van der Waals surface area (Å²) in [6, 6.07) is 6.78. The number of benzene rings is 1. The fourth-order valence-corrected chi connectivity index (χ4v) is 4.20. The van der Waals surface area contributed by atoms with Gasteiger partial charge in [-0.05, 0) is 48.9 Å². The van der Waals surface area contributed by atoms with Gasteiger partial charge in [0.15, 0.2) is 0 Å². The third-order valence-corrected chi connectivity index (χ3v) is 5.14. The van der Waals surface area contributed by atoms with Crippen LogP contribution in [0.2, 0.25) is 0 Å². The molecular formula is C17H23NO6S. The van der Waals surface area contributed by atoms with Crippen molar-refractivity contribution >= 4 is 27.4 Å². The van der Waals surface area contributed by atoms with Crippen molar-refractivity contribution in [2.24, 2.45) is 5.41 Å². The van der Waals surface area contributed by atoms with Crippen LogP contribution in [0.5, 0.6) is 5.75 Å². The average molecular weight is 369 g/mol. The van der Waals surface area contributed by atoms with Gasteiger partial charge >= 0.3 is 5.97 Å². The Kier molecular flexibility index (Phi) is 6.05. The third-order valence-electron chi connectivity index (χ3n) is 4.00. The number of anilines is 1. The number of amides is 1. The van der Waals surface area contributed by atoms with Gasteiger partial charge in [-0.1, -0.05) is 0 Å². The molecule has 25 heavy (non-hydrogen) atoms. The van der Waals surface area contributed by atoms with Crippen LogP contribution in [-0.2, 0) is 19.4 Å². The number of rotatable bonds is 10. The molecule has 1 aromatic carbocycles. The lowest BCUT2D eigenvalue weighted by molar-refractivity contribution is -0.137. The zero-order valence-corrected chi connectivity index (χ0v) is 15.0. The lowest BCUT2D eigenvalue weighted by Gasteiger charge is -2.14. The molecule has 0 saturated heterocycles. The van der Waals surface area contributed by atoms with E-state index in [-0.39, 0.29) is 24.5 Å². The molecule has 1 fully saturated rings. The maximum absolute atomic E-state index is 12.1. The first kappa shape index (κ1) is 19.2. The van der Waals surface area contributed by atoms with Crippen molar-refractivity contribution in [3.05, 3.63) is 24.3 Å². The molecule has 2 rings (SSSR count). The van der Waals surface area contributed by atoms with Gasteiger partial charge in [-0.15, -0.1) is 0 Å². The maximum Gasteiger partial charge on any atom is 0.303 e. The molecule has 0 bridgehead atoms. The lowest BCUT2D eigenvalue weighted by Crippen LogP contribution is -2.23. The van der Waals surface area contributed by atoms with Gasteiger partial charge in [-0.25, -0.2) is 8.42 Å². The van der Waals surface area contributed by atoms with Crippen molar-refractivity contribution in [1.29, 1.82) is 0 Å². The minimum atomic E-state index is -3.09. The number of nitrogens with one attached hydrogen (secondary N) is 1. The van der Waals surface area contributed by atoms with Crippen LogP contribution in [0.15, 0.2) is 24.3 Å². The summed E-state index contributed by atoms with van der Waals surface area (Å²) >= 11 is 0. The van der Waals surface area contributed by atoms with Crippen LogP contribution in [0.4, 0.5) is 5.69 Å². The first-order valence-corrected chi connectivity index (χ1v) is 10.2. The maximum atomic E-state index is 12.1. The molecule has 0 aliphatic heterocycles. The topological polar surface area (TPSA) is 110 Å². The summed E-state index contributed by atoms with van der Waals surface area (Å²) < 4.78 is 28.3. The highest BCUT2D eigenvalue weighted by atomic mass is 32.2. The molecule has 8 heteroatoms. The number of hydrogen-bond acceptors (Lipinski definition) is 5. The van der Waals surface area contributed by atoms with E-state index < -0.39 is 21.2 Å². The van der Waals surface area contributed by atoms with E-state index in [1.165, 1.54) is 6.26 Å². The van der Waals surface area contributed by atoms with Crippen molar-refractivity contribution in [3.63, 3.8) is 0 Å². The number of carboxylic acid groups (broad SMARTS) is 1. The fourth-order valence-electron chi connectivity index (χ4n) is 2.70. The first-order chi connectivity index (χ1) is 11.7. The van der Waals surface area contributed by atoms with Crippen molar-refractivity contribution in [1.82, 2.24) is 0 Å². The largest absolute Gasteiger partial charge is 0.494 e. The van der Waals surface area contributed by atoms with Crippen LogP contribution in [0.1, 0.15) is 32.1 Å². The number of carbonyl (C=O) groups excluding carboxylic acids is 1. The molecule has 0 unspecified atom stereocenters. The summed E-state index contributed by atoms with van der Waals surface area (Å²) in [4.78, 5) is 22.5. The highest BCUT2D eigenvalue weighted by Crippen LogP contribution is 2.49. The van der Waals surface area contributed by atoms with Gasteiger partial charge in [0, 0.05) is 24.8 Å². The summed E-state index contributed by atoms with van der Waals surface area (Å²) in [6.07, 6.45) is 3.40. The number of sulfone groups is 1. The molecule has 1 aromatic rings. The van der Waals surface area contributed by atoms with Gasteiger partial charge < -0.3 is 15.2 Å². The Balaban J connectivity index is 1.79. The van der Waals surface area contributed by atoms with Crippen LogP contribution < -0.4 is 10.1 Å². The van der Waals surface area contributed by atoms with E-state index in [1.807, 2.05) is 0 Å². The normalized spacial score (nSPS) is 15.4. The molecule has 0 spiro atoms. The minimum absolute atomic E-state index is 0.0521. The van der Waals surface area contributed by atoms with Crippen LogP contribution in [-0.4, -0.2) is 44.0 Å². The Morgan fingerprint density at radius 3 is 2.40 bits per heavy atom. The fraction of sp³-hybridized carbons (Fsp3) is 0.529. The molecule has 138 valence electrons. The molecule has 2 N–H and O–H groups in total. The van der Waals surface area contributed by atoms with E-state index in [4.69, 9.17) is 9.84 Å². The van der Waals surface area contributed by atoms with E-state index in [1.54, 1.807) is 24.3 Å². The molecule has 1 aliphatic rings. The molecule has 0 atom stereocenters. The molecule has 0 aromatic heterocycles. The van der Waals surface area contributed by atoms with E-state index in [0.29, 0.717) is 24.5 Å². The Labute approximate surface area is 147 Å². The number of hydrogen-bond donors (Lipinski definition) is 2. The summed E-state index contributed by atoms with van der Waals surface area (Å²) in [6.45, 7) is 0.312. The molecule has 1 amide bonds. The standard InChI is InChI=1S/C17H23NO6S/c1-25(22,23)12-17(8-9-17)11-15(19)18-13-4-6-14(7-5-13)24-10-2-3-16(20)21/h4-7H,2-3,8-12H2,1H3,(H,18,19)(H,20,21). The van der Waals surface area contributed by atoms with Gasteiger partial charge in [-0.2, -0.15) is 0 Å². The molecule has 0 heterocycles. The average Bonchev–Trinajstić information content (AvgIpc) is 3.21. The van der Waals surface area contributed by atoms with Crippen LogP contribution in [0.3, 0.4) is 0 Å². The Morgan fingerprint density at radius 2 is 1.88 bits per heavy atom. The second kappa shape index (κ2) is 7.86. The number of carbonyl (C=O) groups is 2. The highest BCUT2D eigenvalue weighted by Gasteiger charge is 2.46. The predicted molar refractivity (Wildman–Crippen MR) is 93.4 cm³/mol. The number of ether oxygens (including phenoxy) is 1. The summed E-state index contributed by atoms with van der Waals surface area (Å²) in [7, 11) is -3.09. The predicted octanol–water partition coefficient (Wildman–Crippen LogP) is 2.08. The third kappa shape index (κ3) is 7.13. The zero-order chi connectivity index (χ0) is 18.5. The Hall–Kier alpha value is -2.09. The van der Waals surface area contributed by atoms with Gasteiger partial charge in [0.1, 0.15) is 15.6 Å². The molecule has 1 saturated carbocycles. The summed E-state index contributed by atoms with van der Waals surface area (Å²) in [5.41, 5.74) is 0.211. The van der Waals surface area contributed by atoms with Crippen LogP contribution in [0.25, 0.3) is 0 Å². The second-order valence-electron chi connectivity index (χ2n) is 6.67. The molecular weight excluding hydrogens is 346 g/mol. The van der Waals surface area contributed by atoms with Gasteiger partial charge in [0.25, 0.3) is 0 Å². The summed E-state index contributed by atoms with van der Waals surface area (Å²) in [5, 5.41) is 11.3. The van der Waals surface area contributed by atoms with Crippen molar-refractivity contribution in [3.8, 4) is 5.75 Å². The van der Waals surface area contributed by atoms with Crippen LogP contribution >= 0.6 is 0 Å². The number of carboxylic acids is 1. The zero-order valence-electron chi connectivity index (χ0n) is 14.2. The van der Waals surface area contributed by atoms with Crippen molar-refractivity contribution < 1.29 is 27.9 Å². The van der Waals surface area contributed by atoms with E-state index in [9.17, 15) is 18.0 Å².